The minimum Gasteiger partial charge on any atom is -0.427 e. The molecule has 2 aliphatic rings. The van der Waals surface area contributed by atoms with E-state index in [1.807, 2.05) is 6.92 Å². The van der Waals surface area contributed by atoms with Crippen molar-refractivity contribution in [2.45, 2.75) is 46.0 Å². The number of nitrogens with two attached hydrogens (primary N) is 1. The molecular weight excluding hydrogens is 605 g/mol. The Morgan fingerprint density at radius 1 is 1.29 bits per heavy atom. The van der Waals surface area contributed by atoms with Gasteiger partial charge >= 0.3 is 11.9 Å². The van der Waals surface area contributed by atoms with Crippen molar-refractivity contribution in [1.82, 2.24) is 20.2 Å². The Hall–Kier alpha value is -3.50. The maximum atomic E-state index is 13.4. The predicted molar refractivity (Wildman–Crippen MR) is 159 cm³/mol. The molecule has 42 heavy (non-hydrogen) atoms. The highest BCUT2D eigenvalue weighted by atomic mass is 32.2. The number of carbonyl (C=O) groups is 4. The number of thiazole rings is 2. The summed E-state index contributed by atoms with van der Waals surface area (Å²) in [4.78, 5) is 67.8. The second kappa shape index (κ2) is 12.8. The van der Waals surface area contributed by atoms with Gasteiger partial charge < -0.3 is 30.3 Å². The van der Waals surface area contributed by atoms with Crippen molar-refractivity contribution >= 4 is 75.1 Å². The highest BCUT2D eigenvalue weighted by molar-refractivity contribution is 8.00. The lowest BCUT2D eigenvalue weighted by atomic mass is 9.86. The van der Waals surface area contributed by atoms with Crippen LogP contribution in [0, 0.1) is 17.8 Å². The molecule has 0 aromatic carbocycles. The topological polar surface area (TPSA) is 175 Å². The molecule has 0 aliphatic carbocycles. The molecule has 13 nitrogen and oxygen atoms in total. The number of hydrogen-bond donors (Lipinski definition) is 2. The van der Waals surface area contributed by atoms with Gasteiger partial charge in [-0.15, -0.1) is 34.4 Å². The first kappa shape index (κ1) is 31.4. The number of nitrogens with one attached hydrogen (secondary N) is 1. The molecule has 0 bridgehead atoms. The van der Waals surface area contributed by atoms with Crippen molar-refractivity contribution < 1.29 is 33.5 Å². The van der Waals surface area contributed by atoms with Crippen LogP contribution in [0.3, 0.4) is 0 Å². The van der Waals surface area contributed by atoms with Gasteiger partial charge in [0.1, 0.15) is 29.1 Å². The molecule has 0 radical (unpaired) electrons. The van der Waals surface area contributed by atoms with Gasteiger partial charge in [-0.1, -0.05) is 11.2 Å². The molecule has 3 N–H and O–H groups in total. The Morgan fingerprint density at radius 3 is 2.67 bits per heavy atom. The Kier molecular flexibility index (Phi) is 9.57. The van der Waals surface area contributed by atoms with E-state index in [0.29, 0.717) is 0 Å². The van der Waals surface area contributed by atoms with E-state index in [1.54, 1.807) is 50.7 Å². The normalized spacial score (nSPS) is 22.4. The van der Waals surface area contributed by atoms with Crippen LogP contribution in [0.1, 0.15) is 44.0 Å². The first-order chi connectivity index (χ1) is 19.9. The van der Waals surface area contributed by atoms with Crippen molar-refractivity contribution in [3.8, 4) is 0 Å². The van der Waals surface area contributed by atoms with Gasteiger partial charge in [-0.05, 0) is 40.7 Å². The summed E-state index contributed by atoms with van der Waals surface area (Å²) in [5.74, 6) is -1.91. The first-order valence-electron chi connectivity index (χ1n) is 12.9. The summed E-state index contributed by atoms with van der Waals surface area (Å²) >= 11 is 3.89. The van der Waals surface area contributed by atoms with Crippen LogP contribution in [-0.2, 0) is 33.5 Å². The van der Waals surface area contributed by atoms with E-state index < -0.39 is 46.9 Å². The van der Waals surface area contributed by atoms with Crippen LogP contribution < -0.4 is 11.1 Å². The number of β-lactam (4-membered cyclic amide) rings is 1. The Morgan fingerprint density at radius 2 is 2.05 bits per heavy atom. The highest BCUT2D eigenvalue weighted by Gasteiger charge is 2.57. The Bertz CT molecular complexity index is 1410. The second-order valence-electron chi connectivity index (χ2n) is 10.6. The molecule has 3 atom stereocenters. The average Bonchev–Trinajstić information content (AvgIpc) is 3.57. The summed E-state index contributed by atoms with van der Waals surface area (Å²) in [6, 6.07) is -0.847. The van der Waals surface area contributed by atoms with Crippen LogP contribution in [0.2, 0.25) is 0 Å². The van der Waals surface area contributed by atoms with Gasteiger partial charge in [0.15, 0.2) is 10.8 Å². The molecule has 4 rings (SSSR count). The summed E-state index contributed by atoms with van der Waals surface area (Å²) < 4.78 is 10.5. The maximum Gasteiger partial charge on any atom is 0.321 e. The van der Waals surface area contributed by atoms with Crippen LogP contribution in [-0.4, -0.2) is 81.4 Å². The van der Waals surface area contributed by atoms with Crippen molar-refractivity contribution in [1.29, 1.82) is 0 Å². The van der Waals surface area contributed by atoms with E-state index in [1.165, 1.54) is 28.0 Å². The minimum absolute atomic E-state index is 0.0127. The molecule has 226 valence electrons. The fourth-order valence-electron chi connectivity index (χ4n) is 4.03. The fourth-order valence-corrected chi connectivity index (χ4v) is 6.78. The number of esters is 2. The molecule has 2 fully saturated rings. The van der Waals surface area contributed by atoms with Gasteiger partial charge in [-0.2, -0.15) is 0 Å². The Balaban J connectivity index is 1.48. The SMILES string of the molecule is CCON=C(C(=O)NC1C(=O)N2CC(C=Cc3scnc3C)(C(=O)OCOC(=O)C(C)(C)C)CS[C@H]12)c1csc(N)n1. The fraction of sp³-hybridized carbons (Fsp3) is 0.500. The lowest BCUT2D eigenvalue weighted by Crippen LogP contribution is -2.74. The number of amides is 2. The standard InChI is InChI=1S/C26H32N6O7S3/c1-6-39-31-17(15-9-40-24(27)29-15)19(33)30-18-20(34)32-10-26(11-41-21(18)32,8-7-16-14(2)28-12-42-16)23(36)38-13-37-22(35)25(3,4)5/h7-9,12,18,21H,6,10-11,13H2,1-5H3,(H2,27,29)(H,30,33)/t18?,21-,26?/m1/s1. The third kappa shape index (κ3) is 6.76. The number of thioether (sulfide) groups is 1. The highest BCUT2D eigenvalue weighted by Crippen LogP contribution is 2.44. The molecule has 0 spiro atoms. The lowest BCUT2D eigenvalue weighted by Gasteiger charge is -2.53. The number of hydrogen-bond acceptors (Lipinski definition) is 14. The number of carbonyl (C=O) groups excluding carboxylic acids is 4. The Labute approximate surface area is 254 Å². The molecule has 2 aromatic rings. The first-order valence-corrected chi connectivity index (χ1v) is 15.7. The zero-order valence-electron chi connectivity index (χ0n) is 23.7. The third-order valence-corrected chi connectivity index (χ3v) is 9.51. The number of oxime groups is 1. The number of aromatic nitrogens is 2. The van der Waals surface area contributed by atoms with Crippen LogP contribution in [0.5, 0.6) is 0 Å². The van der Waals surface area contributed by atoms with E-state index in [-0.39, 0.29) is 41.3 Å². The minimum atomic E-state index is -1.23. The van der Waals surface area contributed by atoms with Gasteiger partial charge in [-0.3, -0.25) is 19.2 Å². The van der Waals surface area contributed by atoms with Gasteiger partial charge in [0.25, 0.3) is 5.91 Å². The molecular formula is C26H32N6O7S3. The summed E-state index contributed by atoms with van der Waals surface area (Å²) in [5, 5.41) is 8.01. The zero-order valence-corrected chi connectivity index (χ0v) is 26.2. The molecule has 2 unspecified atom stereocenters. The molecule has 2 aliphatic heterocycles. The van der Waals surface area contributed by atoms with Crippen LogP contribution in [0.4, 0.5) is 5.13 Å². The number of ether oxygens (including phenoxy) is 2. The van der Waals surface area contributed by atoms with Crippen molar-refractivity contribution in [3.05, 3.63) is 33.2 Å². The number of anilines is 1. The second-order valence-corrected chi connectivity index (χ2v) is 13.5. The summed E-state index contributed by atoms with van der Waals surface area (Å²) in [6.07, 6.45) is 3.50. The number of aryl methyl sites for hydroxylation is 1. The zero-order chi connectivity index (χ0) is 30.7. The van der Waals surface area contributed by atoms with Gasteiger partial charge in [0.2, 0.25) is 12.7 Å². The maximum absolute atomic E-state index is 13.4. The monoisotopic (exact) mass is 636 g/mol. The summed E-state index contributed by atoms with van der Waals surface area (Å²) in [7, 11) is 0. The quantitative estimate of drug-likeness (QED) is 0.129. The number of fused-ring (bicyclic) bond motifs is 1. The predicted octanol–water partition coefficient (Wildman–Crippen LogP) is 2.42. The third-order valence-electron chi connectivity index (χ3n) is 6.39. The number of nitrogens with zero attached hydrogens (tertiary/aromatic N) is 4. The molecule has 2 aromatic heterocycles. The number of rotatable bonds is 10. The largest absolute Gasteiger partial charge is 0.427 e. The van der Waals surface area contributed by atoms with Crippen LogP contribution in [0.15, 0.2) is 22.1 Å². The van der Waals surface area contributed by atoms with E-state index in [9.17, 15) is 19.2 Å². The van der Waals surface area contributed by atoms with Gasteiger partial charge in [-0.25, -0.2) is 9.97 Å². The molecule has 2 amide bonds. The van der Waals surface area contributed by atoms with Crippen LogP contribution >= 0.6 is 34.4 Å². The van der Waals surface area contributed by atoms with Crippen molar-refractivity contribution in [3.63, 3.8) is 0 Å². The van der Waals surface area contributed by atoms with Crippen molar-refractivity contribution in [2.75, 3.05) is 31.4 Å². The van der Waals surface area contributed by atoms with Gasteiger partial charge in [0.05, 0.1) is 16.6 Å². The molecule has 0 saturated carbocycles. The summed E-state index contributed by atoms with van der Waals surface area (Å²) in [5.41, 5.74) is 6.37. The summed E-state index contributed by atoms with van der Waals surface area (Å²) in [6.45, 7) is 8.35. The van der Waals surface area contributed by atoms with E-state index >= 15 is 0 Å². The van der Waals surface area contributed by atoms with Gasteiger partial charge in [0, 0.05) is 22.6 Å². The van der Waals surface area contributed by atoms with E-state index in [0.717, 1.165) is 21.9 Å². The molecule has 4 heterocycles. The smallest absolute Gasteiger partial charge is 0.321 e. The molecule has 16 heteroatoms. The van der Waals surface area contributed by atoms with E-state index in [4.69, 9.17) is 20.0 Å². The van der Waals surface area contributed by atoms with E-state index in [2.05, 4.69) is 20.4 Å². The van der Waals surface area contributed by atoms with Crippen molar-refractivity contribution in [2.24, 2.45) is 16.0 Å². The molecule has 2 saturated heterocycles. The average molecular weight is 637 g/mol. The lowest BCUT2D eigenvalue weighted by molar-refractivity contribution is -0.178. The van der Waals surface area contributed by atoms with Crippen LogP contribution in [0.25, 0.3) is 6.08 Å². The number of nitrogen functional groups attached to an aromatic ring is 1.